The topological polar surface area (TPSA) is 17.1 Å². The third-order valence-electron chi connectivity index (χ3n) is 8.66. The molecule has 0 bridgehead atoms. The number of halogens is 1. The lowest BCUT2D eigenvalue weighted by Crippen LogP contribution is -2.17. The van der Waals surface area contributed by atoms with E-state index in [1.165, 1.54) is 77.0 Å². The van der Waals surface area contributed by atoms with Crippen LogP contribution in [-0.2, 0) is 0 Å². The summed E-state index contributed by atoms with van der Waals surface area (Å²) in [5.41, 5.74) is 3.40. The first-order valence-electron chi connectivity index (χ1n) is 14.0. The van der Waals surface area contributed by atoms with Crippen LogP contribution in [0.2, 0.25) is 0 Å². The van der Waals surface area contributed by atoms with Crippen LogP contribution in [0.5, 0.6) is 0 Å². The van der Waals surface area contributed by atoms with Crippen molar-refractivity contribution in [1.82, 2.24) is 0 Å². The Morgan fingerprint density at radius 3 is 1.88 bits per heavy atom. The summed E-state index contributed by atoms with van der Waals surface area (Å²) in [5, 5.41) is 0. The van der Waals surface area contributed by atoms with Crippen LogP contribution < -0.4 is 0 Å². The monoisotopic (exact) mass is 462 g/mol. The fourth-order valence-corrected chi connectivity index (χ4v) is 6.56. The second kappa shape index (κ2) is 12.1. The van der Waals surface area contributed by atoms with E-state index < -0.39 is 0 Å². The lowest BCUT2D eigenvalue weighted by molar-refractivity contribution is 0.0942. The number of carbonyl (C=O) groups excluding carboxylic acids is 1. The number of carbonyl (C=O) groups is 1. The molecule has 4 rings (SSSR count). The Hall–Kier alpha value is -1.96. The summed E-state index contributed by atoms with van der Waals surface area (Å²) in [6.45, 7) is 4.53. The summed E-state index contributed by atoms with van der Waals surface area (Å²) in [4.78, 5) is 12.8. The Kier molecular flexibility index (Phi) is 8.98. The van der Waals surface area contributed by atoms with Crippen molar-refractivity contribution in [2.45, 2.75) is 103 Å². The van der Waals surface area contributed by atoms with E-state index in [1.54, 1.807) is 6.07 Å². The number of hydrogen-bond acceptors (Lipinski definition) is 1. The zero-order valence-electron chi connectivity index (χ0n) is 21.3. The van der Waals surface area contributed by atoms with Gasteiger partial charge in [-0.1, -0.05) is 88.8 Å². The van der Waals surface area contributed by atoms with Gasteiger partial charge in [-0.15, -0.1) is 0 Å². The normalized spacial score (nSPS) is 25.3. The highest BCUT2D eigenvalue weighted by atomic mass is 19.1. The molecule has 0 spiro atoms. The van der Waals surface area contributed by atoms with Crippen molar-refractivity contribution < 1.29 is 9.18 Å². The van der Waals surface area contributed by atoms with Gasteiger partial charge in [0.2, 0.25) is 0 Å². The summed E-state index contributed by atoms with van der Waals surface area (Å²) >= 11 is 0. The quantitative estimate of drug-likeness (QED) is 0.339. The van der Waals surface area contributed by atoms with Gasteiger partial charge in [-0.2, -0.15) is 0 Å². The average molecular weight is 463 g/mol. The molecule has 0 aromatic heterocycles. The van der Waals surface area contributed by atoms with Gasteiger partial charge in [0.05, 0.1) is 0 Å². The Bertz CT molecular complexity index is 915. The fourth-order valence-electron chi connectivity index (χ4n) is 6.56. The second-order valence-electron chi connectivity index (χ2n) is 11.1. The molecule has 2 aromatic rings. The summed E-state index contributed by atoms with van der Waals surface area (Å²) in [6.07, 6.45) is 15.7. The number of benzene rings is 2. The van der Waals surface area contributed by atoms with Crippen molar-refractivity contribution in [3.63, 3.8) is 0 Å². The lowest BCUT2D eigenvalue weighted by Gasteiger charge is -2.28. The van der Waals surface area contributed by atoms with E-state index in [4.69, 9.17) is 0 Å². The molecule has 0 atom stereocenters. The molecule has 0 unspecified atom stereocenters. The predicted molar refractivity (Wildman–Crippen MR) is 141 cm³/mol. The molecule has 2 aromatic carbocycles. The zero-order chi connectivity index (χ0) is 23.9. The molecule has 184 valence electrons. The molecule has 2 heteroatoms. The largest absolute Gasteiger partial charge is 0.294 e. The lowest BCUT2D eigenvalue weighted by atomic mass is 9.77. The molecule has 2 aliphatic carbocycles. The molecule has 0 amide bonds. The highest BCUT2D eigenvalue weighted by Gasteiger charge is 2.24. The van der Waals surface area contributed by atoms with Crippen LogP contribution in [0.1, 0.15) is 119 Å². The molecule has 2 saturated carbocycles. The van der Waals surface area contributed by atoms with Crippen molar-refractivity contribution in [1.29, 1.82) is 0 Å². The number of rotatable bonds is 9. The third kappa shape index (κ3) is 6.37. The van der Waals surface area contributed by atoms with Gasteiger partial charge >= 0.3 is 0 Å². The Morgan fingerprint density at radius 1 is 0.765 bits per heavy atom. The molecule has 2 fully saturated rings. The third-order valence-corrected chi connectivity index (χ3v) is 8.66. The molecule has 0 aliphatic heterocycles. The maximum absolute atomic E-state index is 15.1. The van der Waals surface area contributed by atoms with Crippen LogP contribution in [0.4, 0.5) is 4.39 Å². The first-order valence-corrected chi connectivity index (χ1v) is 14.0. The molecular weight excluding hydrogens is 419 g/mol. The average Bonchev–Trinajstić information content (AvgIpc) is 2.86. The van der Waals surface area contributed by atoms with E-state index in [0.717, 1.165) is 28.5 Å². The summed E-state index contributed by atoms with van der Waals surface area (Å²) < 4.78 is 15.1. The Balaban J connectivity index is 1.34. The summed E-state index contributed by atoms with van der Waals surface area (Å²) in [5.74, 6) is 2.85. The predicted octanol–water partition coefficient (Wildman–Crippen LogP) is 9.75. The van der Waals surface area contributed by atoms with Crippen molar-refractivity contribution in [3.8, 4) is 11.1 Å². The Labute approximate surface area is 206 Å². The van der Waals surface area contributed by atoms with E-state index in [9.17, 15) is 4.79 Å². The number of Topliss-reactive ketones (excluding diaryl/α,β-unsaturated/α-hetero) is 1. The smallest absolute Gasteiger partial charge is 0.163 e. The van der Waals surface area contributed by atoms with Crippen molar-refractivity contribution in [3.05, 3.63) is 59.4 Å². The van der Waals surface area contributed by atoms with E-state index in [2.05, 4.69) is 19.9 Å². The zero-order valence-corrected chi connectivity index (χ0v) is 21.3. The first-order chi connectivity index (χ1) is 16.6. The summed E-state index contributed by atoms with van der Waals surface area (Å²) in [6, 6.07) is 13.4. The SMILES string of the molecule is CCC[C@H]1CC[C@H](CC(=O)c2ccc(-c3ccc([C@H]4CC[C@H](CCC)CC4)cc3F)cc2)CC1. The van der Waals surface area contributed by atoms with Gasteiger partial charge in [-0.05, 0) is 79.4 Å². The van der Waals surface area contributed by atoms with Crippen molar-refractivity contribution >= 4 is 5.78 Å². The van der Waals surface area contributed by atoms with Gasteiger partial charge in [-0.25, -0.2) is 4.39 Å². The van der Waals surface area contributed by atoms with Crippen LogP contribution >= 0.6 is 0 Å². The highest BCUT2D eigenvalue weighted by Crippen LogP contribution is 2.39. The molecule has 0 radical (unpaired) electrons. The molecule has 0 N–H and O–H groups in total. The fraction of sp³-hybridized carbons (Fsp3) is 0.594. The maximum atomic E-state index is 15.1. The molecular formula is C32H43FO. The van der Waals surface area contributed by atoms with Gasteiger partial charge in [0.25, 0.3) is 0 Å². The molecule has 0 saturated heterocycles. The van der Waals surface area contributed by atoms with Crippen LogP contribution in [0.25, 0.3) is 11.1 Å². The van der Waals surface area contributed by atoms with Gasteiger partial charge in [0.15, 0.2) is 5.78 Å². The van der Waals surface area contributed by atoms with Crippen LogP contribution in [-0.4, -0.2) is 5.78 Å². The van der Waals surface area contributed by atoms with E-state index in [-0.39, 0.29) is 11.6 Å². The second-order valence-corrected chi connectivity index (χ2v) is 11.1. The molecule has 2 aliphatic rings. The van der Waals surface area contributed by atoms with E-state index in [1.807, 2.05) is 30.3 Å². The number of ketones is 1. The molecule has 34 heavy (non-hydrogen) atoms. The van der Waals surface area contributed by atoms with Gasteiger partial charge in [0, 0.05) is 17.5 Å². The van der Waals surface area contributed by atoms with Gasteiger partial charge in [-0.3, -0.25) is 4.79 Å². The van der Waals surface area contributed by atoms with Crippen LogP contribution in [0.3, 0.4) is 0 Å². The minimum absolute atomic E-state index is 0.143. The van der Waals surface area contributed by atoms with Gasteiger partial charge in [0.1, 0.15) is 5.82 Å². The molecule has 0 heterocycles. The van der Waals surface area contributed by atoms with E-state index >= 15 is 4.39 Å². The minimum atomic E-state index is -0.143. The Morgan fingerprint density at radius 2 is 1.32 bits per heavy atom. The number of hydrogen-bond donors (Lipinski definition) is 0. The van der Waals surface area contributed by atoms with Crippen LogP contribution in [0, 0.1) is 23.6 Å². The van der Waals surface area contributed by atoms with Crippen LogP contribution in [0.15, 0.2) is 42.5 Å². The first kappa shape index (κ1) is 25.1. The van der Waals surface area contributed by atoms with Crippen molar-refractivity contribution in [2.75, 3.05) is 0 Å². The van der Waals surface area contributed by atoms with E-state index in [0.29, 0.717) is 23.8 Å². The standard InChI is InChI=1S/C32H43FO/c1-3-5-23-7-9-25(10-8-23)21-32(34)28-17-15-27(16-18-28)30-20-19-29(22-31(30)33)26-13-11-24(6-4-2)12-14-26/h15-20,22-26H,3-14,21H2,1-2H3/t23-,24-,25-,26-. The summed E-state index contributed by atoms with van der Waals surface area (Å²) in [7, 11) is 0. The minimum Gasteiger partial charge on any atom is -0.294 e. The van der Waals surface area contributed by atoms with Crippen molar-refractivity contribution in [2.24, 2.45) is 17.8 Å². The molecule has 1 nitrogen and oxygen atoms in total. The van der Waals surface area contributed by atoms with Gasteiger partial charge < -0.3 is 0 Å². The maximum Gasteiger partial charge on any atom is 0.163 e. The highest BCUT2D eigenvalue weighted by molar-refractivity contribution is 5.96.